The zero-order valence-corrected chi connectivity index (χ0v) is 8.99. The van der Waals surface area contributed by atoms with Gasteiger partial charge in [0, 0.05) is 17.1 Å². The molecule has 2 rings (SSSR count). The van der Waals surface area contributed by atoms with Crippen LogP contribution in [0.25, 0.3) is 10.9 Å². The molecule has 0 saturated heterocycles. The SMILES string of the molecule is O=C(O)CS(=O)(=O)c1c[nH]c2ccccc12. The number of fused-ring (bicyclic) bond motifs is 1. The minimum absolute atomic E-state index is 0.0329. The van der Waals surface area contributed by atoms with Gasteiger partial charge in [0.25, 0.3) is 0 Å². The summed E-state index contributed by atoms with van der Waals surface area (Å²) in [6, 6.07) is 6.85. The van der Waals surface area contributed by atoms with Gasteiger partial charge in [0.2, 0.25) is 0 Å². The molecule has 84 valence electrons. The molecule has 1 heterocycles. The monoisotopic (exact) mass is 239 g/mol. The van der Waals surface area contributed by atoms with E-state index >= 15 is 0 Å². The van der Waals surface area contributed by atoms with Gasteiger partial charge in [-0.25, -0.2) is 8.42 Å². The van der Waals surface area contributed by atoms with Gasteiger partial charge in [-0.15, -0.1) is 0 Å². The molecule has 0 spiro atoms. The average Bonchev–Trinajstić information content (AvgIpc) is 2.59. The number of aromatic nitrogens is 1. The van der Waals surface area contributed by atoms with Crippen LogP contribution < -0.4 is 0 Å². The standard InChI is InChI=1S/C10H9NO4S/c12-10(13)6-16(14,15)9-5-11-8-4-2-1-3-7(8)9/h1-5,11H,6H2,(H,12,13). The third-order valence-electron chi connectivity index (χ3n) is 2.20. The number of hydrogen-bond acceptors (Lipinski definition) is 3. The van der Waals surface area contributed by atoms with Crippen LogP contribution in [0.15, 0.2) is 35.4 Å². The molecular weight excluding hydrogens is 230 g/mol. The number of rotatable bonds is 3. The summed E-state index contributed by atoms with van der Waals surface area (Å²) in [4.78, 5) is 13.3. The van der Waals surface area contributed by atoms with Gasteiger partial charge in [0.1, 0.15) is 0 Å². The Labute approximate surface area is 91.6 Å². The van der Waals surface area contributed by atoms with Gasteiger partial charge in [-0.1, -0.05) is 18.2 Å². The quantitative estimate of drug-likeness (QED) is 0.837. The molecule has 0 atom stereocenters. The molecule has 6 heteroatoms. The molecule has 0 amide bonds. The lowest BCUT2D eigenvalue weighted by molar-refractivity contribution is -0.134. The van der Waals surface area contributed by atoms with E-state index in [1.54, 1.807) is 24.3 Å². The van der Waals surface area contributed by atoms with Gasteiger partial charge in [-0.3, -0.25) is 4.79 Å². The molecule has 1 aromatic carbocycles. The molecule has 0 aliphatic carbocycles. The summed E-state index contributed by atoms with van der Waals surface area (Å²) in [5.74, 6) is -2.25. The van der Waals surface area contributed by atoms with Crippen LogP contribution in [0.5, 0.6) is 0 Å². The lowest BCUT2D eigenvalue weighted by Crippen LogP contribution is -2.14. The molecule has 0 fully saturated rings. The number of carbonyl (C=O) groups is 1. The Morgan fingerprint density at radius 3 is 2.69 bits per heavy atom. The van der Waals surface area contributed by atoms with Crippen molar-refractivity contribution in [2.45, 2.75) is 4.90 Å². The topological polar surface area (TPSA) is 87.2 Å². The van der Waals surface area contributed by atoms with Crippen molar-refractivity contribution in [2.24, 2.45) is 0 Å². The van der Waals surface area contributed by atoms with E-state index in [9.17, 15) is 13.2 Å². The number of hydrogen-bond donors (Lipinski definition) is 2. The lowest BCUT2D eigenvalue weighted by atomic mass is 10.2. The Hall–Kier alpha value is -1.82. The summed E-state index contributed by atoms with van der Waals surface area (Å²) in [5.41, 5.74) is 0.673. The molecule has 1 aromatic heterocycles. The van der Waals surface area contributed by atoms with E-state index in [0.717, 1.165) is 0 Å². The number of nitrogens with one attached hydrogen (secondary N) is 1. The number of carboxylic acid groups (broad SMARTS) is 1. The lowest BCUT2D eigenvalue weighted by Gasteiger charge is -1.98. The van der Waals surface area contributed by atoms with E-state index in [2.05, 4.69) is 4.98 Å². The van der Waals surface area contributed by atoms with Crippen LogP contribution in [-0.4, -0.2) is 30.2 Å². The fourth-order valence-corrected chi connectivity index (χ4v) is 2.77. The molecule has 2 N–H and O–H groups in total. The van der Waals surface area contributed by atoms with Crippen molar-refractivity contribution in [1.29, 1.82) is 0 Å². The first-order chi connectivity index (χ1) is 7.50. The van der Waals surface area contributed by atoms with E-state index < -0.39 is 21.6 Å². The van der Waals surface area contributed by atoms with Crippen molar-refractivity contribution in [3.63, 3.8) is 0 Å². The van der Waals surface area contributed by atoms with Crippen LogP contribution >= 0.6 is 0 Å². The largest absolute Gasteiger partial charge is 0.480 e. The average molecular weight is 239 g/mol. The Kier molecular flexibility index (Phi) is 2.43. The maximum Gasteiger partial charge on any atom is 0.319 e. The van der Waals surface area contributed by atoms with Crippen LogP contribution in [0.3, 0.4) is 0 Å². The van der Waals surface area contributed by atoms with Gasteiger partial charge in [0.15, 0.2) is 15.6 Å². The normalized spacial score (nSPS) is 11.8. The van der Waals surface area contributed by atoms with Crippen LogP contribution in [0.1, 0.15) is 0 Å². The highest BCUT2D eigenvalue weighted by Crippen LogP contribution is 2.23. The van der Waals surface area contributed by atoms with Gasteiger partial charge in [0.05, 0.1) is 4.90 Å². The number of carboxylic acids is 1. The number of aliphatic carboxylic acids is 1. The molecule has 0 bridgehead atoms. The van der Waals surface area contributed by atoms with Crippen molar-refractivity contribution in [3.8, 4) is 0 Å². The third kappa shape index (κ3) is 1.79. The van der Waals surface area contributed by atoms with Gasteiger partial charge in [-0.2, -0.15) is 0 Å². The Morgan fingerprint density at radius 2 is 2.00 bits per heavy atom. The zero-order chi connectivity index (χ0) is 11.8. The third-order valence-corrected chi connectivity index (χ3v) is 3.83. The molecule has 0 saturated carbocycles. The van der Waals surface area contributed by atoms with E-state index in [0.29, 0.717) is 10.9 Å². The van der Waals surface area contributed by atoms with E-state index in [-0.39, 0.29) is 4.90 Å². The summed E-state index contributed by atoms with van der Waals surface area (Å²) >= 11 is 0. The minimum atomic E-state index is -3.77. The summed E-state index contributed by atoms with van der Waals surface area (Å²) < 4.78 is 23.4. The second-order valence-electron chi connectivity index (χ2n) is 3.35. The first kappa shape index (κ1) is 10.7. The van der Waals surface area contributed by atoms with Crippen molar-refractivity contribution >= 4 is 26.7 Å². The summed E-state index contributed by atoms with van der Waals surface area (Å²) in [5, 5.41) is 9.05. The van der Waals surface area contributed by atoms with E-state index in [4.69, 9.17) is 5.11 Å². The number of H-pyrrole nitrogens is 1. The van der Waals surface area contributed by atoms with Crippen molar-refractivity contribution < 1.29 is 18.3 Å². The number of benzene rings is 1. The highest BCUT2D eigenvalue weighted by molar-refractivity contribution is 7.92. The first-order valence-corrected chi connectivity index (χ1v) is 6.16. The molecule has 16 heavy (non-hydrogen) atoms. The molecular formula is C10H9NO4S. The van der Waals surface area contributed by atoms with Crippen molar-refractivity contribution in [1.82, 2.24) is 4.98 Å². The second-order valence-corrected chi connectivity index (χ2v) is 5.31. The number of sulfone groups is 1. The number of para-hydroxylation sites is 1. The number of aromatic amines is 1. The predicted molar refractivity (Wildman–Crippen MR) is 58.0 cm³/mol. The van der Waals surface area contributed by atoms with Crippen LogP contribution in [-0.2, 0) is 14.6 Å². The van der Waals surface area contributed by atoms with Gasteiger partial charge >= 0.3 is 5.97 Å². The highest BCUT2D eigenvalue weighted by Gasteiger charge is 2.22. The second kappa shape index (κ2) is 3.64. The maximum atomic E-state index is 11.7. The molecule has 2 aromatic rings. The fourth-order valence-electron chi connectivity index (χ4n) is 1.54. The molecule has 0 unspecified atom stereocenters. The van der Waals surface area contributed by atoms with Crippen LogP contribution in [0, 0.1) is 0 Å². The molecule has 5 nitrogen and oxygen atoms in total. The summed E-state index contributed by atoms with van der Waals surface area (Å²) in [7, 11) is -3.77. The molecule has 0 aliphatic rings. The first-order valence-electron chi connectivity index (χ1n) is 4.51. The Morgan fingerprint density at radius 1 is 1.31 bits per heavy atom. The molecule has 0 aliphatic heterocycles. The summed E-state index contributed by atoms with van der Waals surface area (Å²) in [6.07, 6.45) is 1.32. The van der Waals surface area contributed by atoms with Gasteiger partial charge in [-0.05, 0) is 6.07 Å². The predicted octanol–water partition coefficient (Wildman–Crippen LogP) is 1.03. The smallest absolute Gasteiger partial charge is 0.319 e. The Balaban J connectivity index is 2.60. The zero-order valence-electron chi connectivity index (χ0n) is 8.17. The minimum Gasteiger partial charge on any atom is -0.480 e. The maximum absolute atomic E-state index is 11.7. The van der Waals surface area contributed by atoms with E-state index in [1.807, 2.05) is 0 Å². The van der Waals surface area contributed by atoms with Crippen LogP contribution in [0.2, 0.25) is 0 Å². The van der Waals surface area contributed by atoms with E-state index in [1.165, 1.54) is 6.20 Å². The molecule has 0 radical (unpaired) electrons. The Bertz CT molecular complexity index is 642. The van der Waals surface area contributed by atoms with Crippen LogP contribution in [0.4, 0.5) is 0 Å². The van der Waals surface area contributed by atoms with Crippen molar-refractivity contribution in [3.05, 3.63) is 30.5 Å². The van der Waals surface area contributed by atoms with Crippen molar-refractivity contribution in [2.75, 3.05) is 5.75 Å². The highest BCUT2D eigenvalue weighted by atomic mass is 32.2. The summed E-state index contributed by atoms with van der Waals surface area (Å²) in [6.45, 7) is 0. The fraction of sp³-hybridized carbons (Fsp3) is 0.100. The van der Waals surface area contributed by atoms with Gasteiger partial charge < -0.3 is 10.1 Å².